The first-order valence-corrected chi connectivity index (χ1v) is 12.5. The van der Waals surface area contributed by atoms with Crippen LogP contribution in [0.1, 0.15) is 38.2 Å². The molecule has 0 bridgehead atoms. The third-order valence-electron chi connectivity index (χ3n) is 6.61. The van der Waals surface area contributed by atoms with Crippen LogP contribution in [0.2, 0.25) is 0 Å². The second-order valence-corrected chi connectivity index (χ2v) is 10.7. The van der Waals surface area contributed by atoms with Gasteiger partial charge in [-0.25, -0.2) is 17.2 Å². The molecule has 5 nitrogen and oxygen atoms in total. The Kier molecular flexibility index (Phi) is 6.62. The third-order valence-corrected chi connectivity index (χ3v) is 8.50. The molecule has 2 aliphatic rings. The Morgan fingerprint density at radius 2 is 1.69 bits per heavy atom. The van der Waals surface area contributed by atoms with Crippen molar-refractivity contribution in [3.63, 3.8) is 0 Å². The maximum absolute atomic E-state index is 13.6. The fourth-order valence-electron chi connectivity index (χ4n) is 4.40. The van der Waals surface area contributed by atoms with Crippen molar-refractivity contribution in [1.82, 2.24) is 9.21 Å². The predicted molar refractivity (Wildman–Crippen MR) is 117 cm³/mol. The first kappa shape index (κ1) is 22.9. The van der Waals surface area contributed by atoms with E-state index in [1.807, 2.05) is 35.2 Å². The summed E-state index contributed by atoms with van der Waals surface area (Å²) in [6, 6.07) is 12.6. The van der Waals surface area contributed by atoms with Gasteiger partial charge in [0.2, 0.25) is 15.9 Å². The first-order valence-electron chi connectivity index (χ1n) is 11.1. The minimum atomic E-state index is -3.94. The van der Waals surface area contributed by atoms with Crippen LogP contribution in [-0.4, -0.2) is 42.7 Å². The zero-order chi connectivity index (χ0) is 22.9. The van der Waals surface area contributed by atoms with E-state index in [4.69, 9.17) is 0 Å². The molecule has 8 heteroatoms. The summed E-state index contributed by atoms with van der Waals surface area (Å²) in [5.41, 5.74) is 1.08. The number of halogens is 2. The molecule has 1 aliphatic heterocycles. The van der Waals surface area contributed by atoms with Gasteiger partial charge in [0.15, 0.2) is 11.6 Å². The summed E-state index contributed by atoms with van der Waals surface area (Å²) in [5.74, 6) is -1.94. The first-order chi connectivity index (χ1) is 15.3. The number of hydrogen-bond donors (Lipinski definition) is 0. The lowest BCUT2D eigenvalue weighted by Crippen LogP contribution is -2.47. The average Bonchev–Trinajstić information content (AvgIpc) is 3.65. The van der Waals surface area contributed by atoms with Gasteiger partial charge in [-0.2, -0.15) is 4.31 Å². The highest BCUT2D eigenvalue weighted by Gasteiger charge is 2.39. The van der Waals surface area contributed by atoms with Gasteiger partial charge in [0, 0.05) is 31.6 Å². The molecule has 1 atom stereocenters. The van der Waals surface area contributed by atoms with E-state index in [-0.39, 0.29) is 35.9 Å². The average molecular weight is 463 g/mol. The molecule has 0 aromatic heterocycles. The molecule has 172 valence electrons. The van der Waals surface area contributed by atoms with Gasteiger partial charge in [-0.15, -0.1) is 0 Å². The fraction of sp³-hybridized carbons (Fsp3) is 0.458. The lowest BCUT2D eigenvalue weighted by atomic mass is 9.95. The molecule has 1 saturated carbocycles. The minimum absolute atomic E-state index is 0.0677. The molecule has 0 radical (unpaired) electrons. The van der Waals surface area contributed by atoms with Crippen LogP contribution >= 0.6 is 0 Å². The number of benzene rings is 2. The Bertz CT molecular complexity index is 1070. The van der Waals surface area contributed by atoms with Crippen LogP contribution in [0.15, 0.2) is 53.4 Å². The number of nitrogens with zero attached hydrogens (tertiary/aromatic N) is 2. The molecule has 0 spiro atoms. The molecule has 2 aromatic carbocycles. The summed E-state index contributed by atoms with van der Waals surface area (Å²) in [7, 11) is -3.94. The molecular formula is C24H28F2N2O3S. The van der Waals surface area contributed by atoms with Crippen molar-refractivity contribution >= 4 is 15.9 Å². The van der Waals surface area contributed by atoms with Gasteiger partial charge in [-0.1, -0.05) is 30.3 Å². The Hall–Kier alpha value is -2.32. The second-order valence-electron chi connectivity index (χ2n) is 8.78. The van der Waals surface area contributed by atoms with E-state index >= 15 is 0 Å². The summed E-state index contributed by atoms with van der Waals surface area (Å²) < 4.78 is 53.7. The van der Waals surface area contributed by atoms with Crippen LogP contribution in [0.3, 0.4) is 0 Å². The van der Waals surface area contributed by atoms with Gasteiger partial charge in [0.1, 0.15) is 0 Å². The van der Waals surface area contributed by atoms with Crippen molar-refractivity contribution in [1.29, 1.82) is 0 Å². The minimum Gasteiger partial charge on any atom is -0.335 e. The van der Waals surface area contributed by atoms with E-state index < -0.39 is 21.7 Å². The van der Waals surface area contributed by atoms with Crippen LogP contribution in [0.4, 0.5) is 8.78 Å². The number of amides is 1. The summed E-state index contributed by atoms with van der Waals surface area (Å²) in [6.07, 6.45) is 3.07. The van der Waals surface area contributed by atoms with E-state index in [1.54, 1.807) is 0 Å². The molecular weight excluding hydrogens is 434 g/mol. The van der Waals surface area contributed by atoms with Crippen LogP contribution in [0.5, 0.6) is 0 Å². The summed E-state index contributed by atoms with van der Waals surface area (Å²) in [5, 5.41) is 0. The van der Waals surface area contributed by atoms with Gasteiger partial charge in [0.05, 0.1) is 4.90 Å². The highest BCUT2D eigenvalue weighted by Crippen LogP contribution is 2.37. The summed E-state index contributed by atoms with van der Waals surface area (Å²) >= 11 is 0. The van der Waals surface area contributed by atoms with Crippen molar-refractivity contribution in [3.8, 4) is 0 Å². The molecule has 1 saturated heterocycles. The standard InChI is InChI=1S/C24H28F2N2O3S/c1-17(19-7-8-19)28(16-18-5-3-2-4-6-18)24(29)20-11-13-27(14-12-20)32(30,31)21-9-10-22(25)23(26)15-21/h2-6,9-10,15,17,19-20H,7-8,11-14,16H2,1H3. The number of piperidine rings is 1. The molecule has 1 unspecified atom stereocenters. The van der Waals surface area contributed by atoms with Crippen molar-refractivity contribution in [2.75, 3.05) is 13.1 Å². The molecule has 1 aliphatic carbocycles. The molecule has 0 N–H and O–H groups in total. The van der Waals surface area contributed by atoms with E-state index in [9.17, 15) is 22.0 Å². The van der Waals surface area contributed by atoms with Crippen molar-refractivity contribution < 1.29 is 22.0 Å². The van der Waals surface area contributed by atoms with Gasteiger partial charge < -0.3 is 4.90 Å². The van der Waals surface area contributed by atoms with Crippen molar-refractivity contribution in [3.05, 3.63) is 65.7 Å². The highest BCUT2D eigenvalue weighted by atomic mass is 32.2. The third kappa shape index (κ3) is 4.86. The Labute approximate surface area is 188 Å². The zero-order valence-corrected chi connectivity index (χ0v) is 18.9. The van der Waals surface area contributed by atoms with Gasteiger partial charge in [-0.05, 0) is 62.3 Å². The quantitative estimate of drug-likeness (QED) is 0.620. The zero-order valence-electron chi connectivity index (χ0n) is 18.1. The van der Waals surface area contributed by atoms with Gasteiger partial charge in [0.25, 0.3) is 0 Å². The molecule has 32 heavy (non-hydrogen) atoms. The van der Waals surface area contributed by atoms with Crippen LogP contribution in [0, 0.1) is 23.5 Å². The lowest BCUT2D eigenvalue weighted by Gasteiger charge is -2.36. The van der Waals surface area contributed by atoms with E-state index in [0.29, 0.717) is 31.4 Å². The second kappa shape index (κ2) is 9.27. The summed E-state index contributed by atoms with van der Waals surface area (Å²) in [6.45, 7) is 3.00. The number of carbonyl (C=O) groups excluding carboxylic acids is 1. The maximum Gasteiger partial charge on any atom is 0.243 e. The van der Waals surface area contributed by atoms with Gasteiger partial charge >= 0.3 is 0 Å². The molecule has 4 rings (SSSR count). The van der Waals surface area contributed by atoms with E-state index in [2.05, 4.69) is 6.92 Å². The van der Waals surface area contributed by atoms with Crippen LogP contribution < -0.4 is 0 Å². The highest BCUT2D eigenvalue weighted by molar-refractivity contribution is 7.89. The van der Waals surface area contributed by atoms with Crippen LogP contribution in [0.25, 0.3) is 0 Å². The van der Waals surface area contributed by atoms with Crippen molar-refractivity contribution in [2.45, 2.75) is 50.1 Å². The maximum atomic E-state index is 13.6. The largest absolute Gasteiger partial charge is 0.335 e. The van der Waals surface area contributed by atoms with Gasteiger partial charge in [-0.3, -0.25) is 4.79 Å². The molecule has 1 amide bonds. The fourth-order valence-corrected chi connectivity index (χ4v) is 5.88. The molecule has 1 heterocycles. The Morgan fingerprint density at radius 3 is 2.28 bits per heavy atom. The number of carbonyl (C=O) groups is 1. The summed E-state index contributed by atoms with van der Waals surface area (Å²) in [4.78, 5) is 15.1. The topological polar surface area (TPSA) is 57.7 Å². The van der Waals surface area contributed by atoms with Crippen molar-refractivity contribution in [2.24, 2.45) is 11.8 Å². The molecule has 2 fully saturated rings. The molecule has 2 aromatic rings. The van der Waals surface area contributed by atoms with E-state index in [0.717, 1.165) is 30.5 Å². The predicted octanol–water partition coefficient (Wildman–Crippen LogP) is 4.19. The smallest absolute Gasteiger partial charge is 0.243 e. The number of rotatable bonds is 7. The Balaban J connectivity index is 1.44. The van der Waals surface area contributed by atoms with Crippen LogP contribution in [-0.2, 0) is 21.4 Å². The Morgan fingerprint density at radius 1 is 1.03 bits per heavy atom. The number of sulfonamides is 1. The lowest BCUT2D eigenvalue weighted by molar-refractivity contribution is -0.140. The SMILES string of the molecule is CC(C1CC1)N(Cc1ccccc1)C(=O)C1CCN(S(=O)(=O)c2ccc(F)c(F)c2)CC1. The van der Waals surface area contributed by atoms with E-state index in [1.165, 1.54) is 4.31 Å². The number of hydrogen-bond acceptors (Lipinski definition) is 3. The monoisotopic (exact) mass is 462 g/mol. The normalized spacial score (nSPS) is 19.0.